The van der Waals surface area contributed by atoms with Crippen molar-refractivity contribution in [3.63, 3.8) is 0 Å². The Kier molecular flexibility index (Phi) is 9.94. The molecule has 0 saturated carbocycles. The molecule has 0 aliphatic carbocycles. The maximum Gasteiger partial charge on any atom is 0.335 e. The number of nitrogens with zero attached hydrogens (tertiary/aromatic N) is 1. The SMILES string of the molecule is CCCOc1ccc(N2C(=O)NC(=O)/C(=C/c3cc(I)c(OCc4ccc(Cl)cc4Cl)c(OCC)c3)C2=O)cc1. The second-order valence-corrected chi connectivity index (χ2v) is 10.6. The number of benzene rings is 3. The molecule has 40 heavy (non-hydrogen) atoms. The molecule has 8 nitrogen and oxygen atoms in total. The van der Waals surface area contributed by atoms with E-state index in [4.69, 9.17) is 37.4 Å². The third-order valence-corrected chi connectivity index (χ3v) is 7.09. The summed E-state index contributed by atoms with van der Waals surface area (Å²) >= 11 is 14.4. The van der Waals surface area contributed by atoms with E-state index >= 15 is 0 Å². The number of carbonyl (C=O) groups is 3. The zero-order valence-corrected chi connectivity index (χ0v) is 25.3. The number of hydrogen-bond donors (Lipinski definition) is 1. The van der Waals surface area contributed by atoms with Gasteiger partial charge in [0.2, 0.25) is 0 Å². The minimum Gasteiger partial charge on any atom is -0.494 e. The summed E-state index contributed by atoms with van der Waals surface area (Å²) in [5.41, 5.74) is 1.36. The summed E-state index contributed by atoms with van der Waals surface area (Å²) in [5.74, 6) is -0.0229. The number of ether oxygens (including phenoxy) is 3. The summed E-state index contributed by atoms with van der Waals surface area (Å²) < 4.78 is 18.1. The quantitative estimate of drug-likeness (QED) is 0.139. The minimum atomic E-state index is -0.830. The fourth-order valence-electron chi connectivity index (χ4n) is 3.83. The van der Waals surface area contributed by atoms with Gasteiger partial charge in [0.1, 0.15) is 17.9 Å². The van der Waals surface area contributed by atoms with Crippen LogP contribution in [0.5, 0.6) is 17.2 Å². The van der Waals surface area contributed by atoms with Gasteiger partial charge in [0.05, 0.1) is 22.5 Å². The van der Waals surface area contributed by atoms with Crippen LogP contribution in [0.2, 0.25) is 10.0 Å². The van der Waals surface area contributed by atoms with Gasteiger partial charge in [-0.1, -0.05) is 36.2 Å². The van der Waals surface area contributed by atoms with Crippen LogP contribution in [0.1, 0.15) is 31.4 Å². The first-order chi connectivity index (χ1) is 19.2. The molecule has 4 amide bonds. The van der Waals surface area contributed by atoms with E-state index in [-0.39, 0.29) is 12.2 Å². The molecule has 1 N–H and O–H groups in total. The molecule has 1 heterocycles. The van der Waals surface area contributed by atoms with Crippen LogP contribution >= 0.6 is 45.8 Å². The first kappa shape index (κ1) is 29.7. The topological polar surface area (TPSA) is 94.2 Å². The summed E-state index contributed by atoms with van der Waals surface area (Å²) in [6.07, 6.45) is 2.26. The van der Waals surface area contributed by atoms with Crippen LogP contribution in [0.25, 0.3) is 6.08 Å². The number of imide groups is 2. The number of hydrogen-bond acceptors (Lipinski definition) is 6. The van der Waals surface area contributed by atoms with Crippen molar-refractivity contribution in [2.75, 3.05) is 18.1 Å². The molecule has 3 aromatic rings. The first-order valence-electron chi connectivity index (χ1n) is 12.4. The standard InChI is InChI=1S/C29H25Cl2IN2O6/c1-3-11-39-21-9-7-20(8-10-21)34-28(36)22(27(35)33-29(34)37)12-17-13-24(32)26(25(14-17)38-4-2)40-16-18-5-6-19(30)15-23(18)31/h5-10,12-15H,3-4,11,16H2,1-2H3,(H,33,35,37)/b22-12-. The summed E-state index contributed by atoms with van der Waals surface area (Å²) in [5, 5.41) is 3.24. The molecular weight excluding hydrogens is 670 g/mol. The van der Waals surface area contributed by atoms with Crippen LogP contribution in [0.15, 0.2) is 60.2 Å². The highest BCUT2D eigenvalue weighted by Crippen LogP contribution is 2.36. The van der Waals surface area contributed by atoms with Crippen LogP contribution in [0.3, 0.4) is 0 Å². The van der Waals surface area contributed by atoms with Gasteiger partial charge in [0.15, 0.2) is 11.5 Å². The van der Waals surface area contributed by atoms with E-state index in [9.17, 15) is 14.4 Å². The van der Waals surface area contributed by atoms with Crippen LogP contribution in [0, 0.1) is 3.57 Å². The predicted octanol–water partition coefficient (Wildman–Crippen LogP) is 7.03. The zero-order valence-electron chi connectivity index (χ0n) is 21.6. The van der Waals surface area contributed by atoms with E-state index in [0.29, 0.717) is 55.3 Å². The number of halogens is 3. The third-order valence-electron chi connectivity index (χ3n) is 5.70. The lowest BCUT2D eigenvalue weighted by Crippen LogP contribution is -2.54. The smallest absolute Gasteiger partial charge is 0.335 e. The van der Waals surface area contributed by atoms with Gasteiger partial charge in [-0.05, 0) is 96.1 Å². The lowest BCUT2D eigenvalue weighted by Gasteiger charge is -2.26. The molecule has 0 radical (unpaired) electrons. The monoisotopic (exact) mass is 694 g/mol. The minimum absolute atomic E-state index is 0.173. The van der Waals surface area contributed by atoms with Crippen LogP contribution in [0.4, 0.5) is 10.5 Å². The van der Waals surface area contributed by atoms with Gasteiger partial charge >= 0.3 is 6.03 Å². The van der Waals surface area contributed by atoms with E-state index in [0.717, 1.165) is 16.9 Å². The van der Waals surface area contributed by atoms with E-state index in [1.165, 1.54) is 6.08 Å². The van der Waals surface area contributed by atoms with Crippen molar-refractivity contribution in [2.45, 2.75) is 26.9 Å². The molecule has 0 aromatic heterocycles. The van der Waals surface area contributed by atoms with Crippen molar-refractivity contribution < 1.29 is 28.6 Å². The van der Waals surface area contributed by atoms with Crippen molar-refractivity contribution >= 4 is 75.4 Å². The Hall–Kier alpha value is -3.28. The molecule has 0 bridgehead atoms. The summed E-state index contributed by atoms with van der Waals surface area (Å²) in [7, 11) is 0. The molecule has 208 valence electrons. The Labute approximate surface area is 255 Å². The maximum absolute atomic E-state index is 13.4. The van der Waals surface area contributed by atoms with Crippen molar-refractivity contribution in [3.8, 4) is 17.2 Å². The number of urea groups is 1. The van der Waals surface area contributed by atoms with E-state index in [2.05, 4.69) is 27.9 Å². The molecular formula is C29H25Cl2IN2O6. The van der Waals surface area contributed by atoms with Crippen molar-refractivity contribution in [3.05, 3.63) is 84.9 Å². The largest absolute Gasteiger partial charge is 0.494 e. The van der Waals surface area contributed by atoms with Gasteiger partial charge in [-0.25, -0.2) is 9.69 Å². The number of barbiturate groups is 1. The van der Waals surface area contributed by atoms with Gasteiger partial charge in [0, 0.05) is 15.6 Å². The fourth-order valence-corrected chi connectivity index (χ4v) is 5.08. The first-order valence-corrected chi connectivity index (χ1v) is 14.2. The van der Waals surface area contributed by atoms with Crippen molar-refractivity contribution in [1.82, 2.24) is 5.32 Å². The lowest BCUT2D eigenvalue weighted by atomic mass is 10.1. The Balaban J connectivity index is 1.62. The normalized spacial score (nSPS) is 14.4. The van der Waals surface area contributed by atoms with Crippen molar-refractivity contribution in [1.29, 1.82) is 0 Å². The van der Waals surface area contributed by atoms with Gasteiger partial charge in [0.25, 0.3) is 11.8 Å². The molecule has 4 rings (SSSR count). The Morgan fingerprint density at radius 2 is 1.70 bits per heavy atom. The number of nitrogens with one attached hydrogen (secondary N) is 1. The third kappa shape index (κ3) is 6.89. The molecule has 0 atom stereocenters. The fraction of sp³-hybridized carbons (Fsp3) is 0.207. The second kappa shape index (κ2) is 13.4. The van der Waals surface area contributed by atoms with Crippen LogP contribution in [-0.4, -0.2) is 31.1 Å². The molecule has 11 heteroatoms. The van der Waals surface area contributed by atoms with E-state index in [1.807, 2.05) is 13.8 Å². The van der Waals surface area contributed by atoms with E-state index in [1.54, 1.807) is 54.6 Å². The summed E-state index contributed by atoms with van der Waals surface area (Å²) in [4.78, 5) is 39.6. The molecule has 1 saturated heterocycles. The highest BCUT2D eigenvalue weighted by molar-refractivity contribution is 14.1. The van der Waals surface area contributed by atoms with Gasteiger partial charge < -0.3 is 14.2 Å². The Morgan fingerprint density at radius 1 is 0.950 bits per heavy atom. The highest BCUT2D eigenvalue weighted by atomic mass is 127. The predicted molar refractivity (Wildman–Crippen MR) is 162 cm³/mol. The highest BCUT2D eigenvalue weighted by Gasteiger charge is 2.37. The number of rotatable bonds is 10. The average Bonchev–Trinajstić information content (AvgIpc) is 2.91. The number of amides is 4. The van der Waals surface area contributed by atoms with Crippen molar-refractivity contribution in [2.24, 2.45) is 0 Å². The van der Waals surface area contributed by atoms with E-state index < -0.39 is 17.8 Å². The van der Waals surface area contributed by atoms with Gasteiger partial charge in [-0.3, -0.25) is 14.9 Å². The average molecular weight is 695 g/mol. The second-order valence-electron chi connectivity index (χ2n) is 8.59. The molecule has 1 aliphatic rings. The van der Waals surface area contributed by atoms with Gasteiger partial charge in [-0.2, -0.15) is 0 Å². The summed E-state index contributed by atoms with van der Waals surface area (Å²) in [6, 6.07) is 14.2. The maximum atomic E-state index is 13.4. The Morgan fingerprint density at radius 3 is 2.38 bits per heavy atom. The summed E-state index contributed by atoms with van der Waals surface area (Å²) in [6.45, 7) is 4.90. The molecule has 1 fully saturated rings. The molecule has 3 aromatic carbocycles. The molecule has 0 spiro atoms. The number of carbonyl (C=O) groups excluding carboxylic acids is 3. The van der Waals surface area contributed by atoms with Crippen LogP contribution in [-0.2, 0) is 16.2 Å². The lowest BCUT2D eigenvalue weighted by molar-refractivity contribution is -0.122. The van der Waals surface area contributed by atoms with Gasteiger partial charge in [-0.15, -0.1) is 0 Å². The zero-order chi connectivity index (χ0) is 28.8. The molecule has 1 aliphatic heterocycles. The number of anilines is 1. The molecule has 0 unspecified atom stereocenters. The van der Waals surface area contributed by atoms with Crippen LogP contribution < -0.4 is 24.4 Å². The Bertz CT molecular complexity index is 1480.